The van der Waals surface area contributed by atoms with Crippen molar-refractivity contribution in [2.75, 3.05) is 13.1 Å². The molecule has 2 N–H and O–H groups in total. The van der Waals surface area contributed by atoms with E-state index in [1.165, 1.54) is 5.56 Å². The van der Waals surface area contributed by atoms with Crippen molar-refractivity contribution in [1.82, 2.24) is 20.4 Å². The first kappa shape index (κ1) is 20.1. The number of nitrogens with zero attached hydrogens (tertiary/aromatic N) is 2. The first-order chi connectivity index (χ1) is 13.3. The molecule has 6 heteroatoms. The maximum absolute atomic E-state index is 12.6. The molecule has 1 aromatic heterocycles. The summed E-state index contributed by atoms with van der Waals surface area (Å²) in [5.74, 6) is -0.00836. The van der Waals surface area contributed by atoms with Crippen LogP contribution < -0.4 is 5.32 Å². The van der Waals surface area contributed by atoms with Crippen LogP contribution in [0.4, 0.5) is 0 Å². The van der Waals surface area contributed by atoms with Crippen LogP contribution in [-0.2, 0) is 28.0 Å². The molecule has 28 heavy (non-hydrogen) atoms. The minimum absolute atomic E-state index is 0.00381. The molecule has 1 fully saturated rings. The highest BCUT2D eigenvalue weighted by molar-refractivity contribution is 5.83. The zero-order valence-corrected chi connectivity index (χ0v) is 17.0. The third kappa shape index (κ3) is 5.21. The highest BCUT2D eigenvalue weighted by Crippen LogP contribution is 2.21. The molecule has 0 bridgehead atoms. The summed E-state index contributed by atoms with van der Waals surface area (Å²) in [6.45, 7) is 7.89. The van der Waals surface area contributed by atoms with Gasteiger partial charge in [-0.05, 0) is 24.5 Å². The van der Waals surface area contributed by atoms with Crippen LogP contribution in [0.2, 0.25) is 0 Å². The van der Waals surface area contributed by atoms with Gasteiger partial charge in [-0.3, -0.25) is 14.7 Å². The number of carbonyl (C=O) groups excluding carboxylic acids is 2. The van der Waals surface area contributed by atoms with E-state index in [1.54, 1.807) is 0 Å². The van der Waals surface area contributed by atoms with Crippen LogP contribution >= 0.6 is 0 Å². The highest BCUT2D eigenvalue weighted by Gasteiger charge is 2.30. The standard InChI is InChI=1S/C22H30N4O2/c1-22(2,3)19-13-18(24-25-19)14-23-21(28)17-9-10-20(27)26(15-17)12-11-16-7-5-4-6-8-16/h4-8,13,17H,9-12,14-15H2,1-3H3,(H,23,28)(H,24,25)/t17-/m1/s1. The second-order valence-corrected chi connectivity index (χ2v) is 8.56. The van der Waals surface area contributed by atoms with Gasteiger partial charge in [0.05, 0.1) is 23.9 Å². The fourth-order valence-corrected chi connectivity index (χ4v) is 3.42. The maximum atomic E-state index is 12.6. The minimum Gasteiger partial charge on any atom is -0.350 e. The Balaban J connectivity index is 1.50. The van der Waals surface area contributed by atoms with Crippen molar-refractivity contribution in [2.45, 2.75) is 52.0 Å². The molecule has 3 rings (SSSR count). The van der Waals surface area contributed by atoms with E-state index < -0.39 is 0 Å². The molecule has 2 amide bonds. The van der Waals surface area contributed by atoms with Crippen LogP contribution in [0.5, 0.6) is 0 Å². The van der Waals surface area contributed by atoms with Crippen molar-refractivity contribution >= 4 is 11.8 Å². The lowest BCUT2D eigenvalue weighted by molar-refractivity contribution is -0.138. The van der Waals surface area contributed by atoms with Gasteiger partial charge in [0, 0.05) is 24.9 Å². The molecular weight excluding hydrogens is 352 g/mol. The van der Waals surface area contributed by atoms with Crippen LogP contribution in [0, 0.1) is 5.92 Å². The normalized spacial score (nSPS) is 17.6. The predicted molar refractivity (Wildman–Crippen MR) is 109 cm³/mol. The largest absolute Gasteiger partial charge is 0.350 e. The molecule has 0 unspecified atom stereocenters. The lowest BCUT2D eigenvalue weighted by Crippen LogP contribution is -2.46. The summed E-state index contributed by atoms with van der Waals surface area (Å²) in [7, 11) is 0. The fraction of sp³-hybridized carbons (Fsp3) is 0.500. The van der Waals surface area contributed by atoms with E-state index >= 15 is 0 Å². The Bertz CT molecular complexity index is 807. The van der Waals surface area contributed by atoms with Gasteiger partial charge in [0.25, 0.3) is 0 Å². The van der Waals surface area contributed by atoms with E-state index in [2.05, 4.69) is 48.4 Å². The number of amides is 2. The maximum Gasteiger partial charge on any atom is 0.225 e. The van der Waals surface area contributed by atoms with E-state index in [0.29, 0.717) is 32.5 Å². The SMILES string of the molecule is CC(C)(C)c1cc(CNC(=O)[C@@H]2CCC(=O)N(CCc3ccccc3)C2)[nH]n1. The Morgan fingerprint density at radius 2 is 2.04 bits per heavy atom. The quantitative estimate of drug-likeness (QED) is 0.806. The molecule has 1 aromatic carbocycles. The van der Waals surface area contributed by atoms with Gasteiger partial charge >= 0.3 is 0 Å². The van der Waals surface area contributed by atoms with E-state index in [4.69, 9.17) is 0 Å². The van der Waals surface area contributed by atoms with Crippen LogP contribution in [-0.4, -0.2) is 40.0 Å². The number of nitrogens with one attached hydrogen (secondary N) is 2. The summed E-state index contributed by atoms with van der Waals surface area (Å²) in [6.07, 6.45) is 1.86. The van der Waals surface area contributed by atoms with Gasteiger partial charge in [0.1, 0.15) is 0 Å². The molecule has 1 aliphatic heterocycles. The molecule has 0 radical (unpaired) electrons. The fourth-order valence-electron chi connectivity index (χ4n) is 3.42. The molecule has 1 aliphatic rings. The van der Waals surface area contributed by atoms with Crippen molar-refractivity contribution in [3.05, 3.63) is 53.3 Å². The summed E-state index contributed by atoms with van der Waals surface area (Å²) in [5, 5.41) is 10.3. The molecule has 150 valence electrons. The molecule has 2 heterocycles. The molecule has 6 nitrogen and oxygen atoms in total. The van der Waals surface area contributed by atoms with Crippen molar-refractivity contribution in [2.24, 2.45) is 5.92 Å². The Hall–Kier alpha value is -2.63. The van der Waals surface area contributed by atoms with E-state index in [1.807, 2.05) is 29.2 Å². The zero-order valence-electron chi connectivity index (χ0n) is 17.0. The second kappa shape index (κ2) is 8.59. The third-order valence-corrected chi connectivity index (χ3v) is 5.24. The van der Waals surface area contributed by atoms with Crippen molar-refractivity contribution in [1.29, 1.82) is 0 Å². The Morgan fingerprint density at radius 3 is 2.71 bits per heavy atom. The first-order valence-electron chi connectivity index (χ1n) is 9.97. The zero-order chi connectivity index (χ0) is 20.1. The summed E-state index contributed by atoms with van der Waals surface area (Å²) in [4.78, 5) is 26.7. The minimum atomic E-state index is -0.154. The average molecular weight is 383 g/mol. The van der Waals surface area contributed by atoms with Crippen molar-refractivity contribution < 1.29 is 9.59 Å². The van der Waals surface area contributed by atoms with Crippen LogP contribution in [0.1, 0.15) is 50.6 Å². The number of hydrogen-bond acceptors (Lipinski definition) is 3. The van der Waals surface area contributed by atoms with E-state index in [-0.39, 0.29) is 23.1 Å². The Morgan fingerprint density at radius 1 is 1.29 bits per heavy atom. The number of aromatic amines is 1. The summed E-state index contributed by atoms with van der Waals surface area (Å²) in [5.41, 5.74) is 3.05. The number of H-pyrrole nitrogens is 1. The van der Waals surface area contributed by atoms with Crippen LogP contribution in [0.15, 0.2) is 36.4 Å². The number of rotatable bonds is 6. The number of hydrogen-bond donors (Lipinski definition) is 2. The molecule has 1 saturated heterocycles. The summed E-state index contributed by atoms with van der Waals surface area (Å²) < 4.78 is 0. The topological polar surface area (TPSA) is 78.1 Å². The van der Waals surface area contributed by atoms with Gasteiger partial charge in [0.15, 0.2) is 0 Å². The van der Waals surface area contributed by atoms with Crippen molar-refractivity contribution in [3.8, 4) is 0 Å². The van der Waals surface area contributed by atoms with Gasteiger partial charge in [0.2, 0.25) is 11.8 Å². The number of carbonyl (C=O) groups is 2. The second-order valence-electron chi connectivity index (χ2n) is 8.56. The van der Waals surface area contributed by atoms with Gasteiger partial charge in [-0.2, -0.15) is 5.10 Å². The lowest BCUT2D eigenvalue weighted by Gasteiger charge is -2.32. The van der Waals surface area contributed by atoms with Crippen LogP contribution in [0.25, 0.3) is 0 Å². The van der Waals surface area contributed by atoms with E-state index in [9.17, 15) is 9.59 Å². The smallest absolute Gasteiger partial charge is 0.225 e. The average Bonchev–Trinajstić information content (AvgIpc) is 3.16. The predicted octanol–water partition coefficient (Wildman–Crippen LogP) is 2.80. The number of likely N-dealkylation sites (tertiary alicyclic amines) is 1. The van der Waals surface area contributed by atoms with Crippen molar-refractivity contribution in [3.63, 3.8) is 0 Å². The first-order valence-corrected chi connectivity index (χ1v) is 9.97. The number of aromatic nitrogens is 2. The molecule has 0 aliphatic carbocycles. The molecule has 2 aromatic rings. The Kier molecular flexibility index (Phi) is 6.17. The summed E-state index contributed by atoms with van der Waals surface area (Å²) in [6, 6.07) is 12.1. The van der Waals surface area contributed by atoms with Gasteiger partial charge < -0.3 is 10.2 Å². The highest BCUT2D eigenvalue weighted by atomic mass is 16.2. The molecule has 1 atom stereocenters. The number of benzene rings is 1. The lowest BCUT2D eigenvalue weighted by atomic mass is 9.92. The van der Waals surface area contributed by atoms with E-state index in [0.717, 1.165) is 17.8 Å². The van der Waals surface area contributed by atoms with Crippen LogP contribution in [0.3, 0.4) is 0 Å². The molecular formula is C22H30N4O2. The number of piperidine rings is 1. The van der Waals surface area contributed by atoms with Gasteiger partial charge in [-0.25, -0.2) is 0 Å². The summed E-state index contributed by atoms with van der Waals surface area (Å²) >= 11 is 0. The monoisotopic (exact) mass is 382 g/mol. The Labute approximate surface area is 166 Å². The molecule has 0 saturated carbocycles. The van der Waals surface area contributed by atoms with Gasteiger partial charge in [-0.15, -0.1) is 0 Å². The van der Waals surface area contributed by atoms with Gasteiger partial charge in [-0.1, -0.05) is 51.1 Å². The third-order valence-electron chi connectivity index (χ3n) is 5.24. The molecule has 0 spiro atoms.